The van der Waals surface area contributed by atoms with Crippen molar-refractivity contribution >= 4 is 15.7 Å². The minimum absolute atomic E-state index is 0.157. The van der Waals surface area contributed by atoms with Crippen LogP contribution in [0.15, 0.2) is 24.3 Å². The molecule has 19 heavy (non-hydrogen) atoms. The number of benzene rings is 1. The lowest BCUT2D eigenvalue weighted by Crippen LogP contribution is -2.36. The Balaban J connectivity index is 2.87. The van der Waals surface area contributed by atoms with Gasteiger partial charge >= 0.3 is 0 Å². The summed E-state index contributed by atoms with van der Waals surface area (Å²) < 4.78 is 31.0. The molecular formula is C11H16N2O5S. The standard InChI is InChI=1S/C11H16N2O5S/c1-9(7-18-2)12-19(16,17)8-10-5-3-4-6-11(10)13(14)15/h3-6,9,12H,7-8H2,1-2H3. The van der Waals surface area contributed by atoms with Crippen molar-refractivity contribution in [2.24, 2.45) is 0 Å². The predicted octanol–water partition coefficient (Wildman–Crippen LogP) is 1.05. The van der Waals surface area contributed by atoms with Crippen molar-refractivity contribution < 1.29 is 18.1 Å². The van der Waals surface area contributed by atoms with Crippen LogP contribution >= 0.6 is 0 Å². The molecule has 0 aromatic heterocycles. The average molecular weight is 288 g/mol. The van der Waals surface area contributed by atoms with Crippen LogP contribution < -0.4 is 4.72 Å². The zero-order valence-electron chi connectivity index (χ0n) is 10.7. The van der Waals surface area contributed by atoms with Gasteiger partial charge in [-0.2, -0.15) is 0 Å². The second kappa shape index (κ2) is 6.60. The van der Waals surface area contributed by atoms with Crippen LogP contribution in [0.25, 0.3) is 0 Å². The van der Waals surface area contributed by atoms with E-state index in [1.54, 1.807) is 13.0 Å². The van der Waals surface area contributed by atoms with Crippen LogP contribution in [-0.2, 0) is 20.5 Å². The molecule has 0 aliphatic heterocycles. The summed E-state index contributed by atoms with van der Waals surface area (Å²) in [5, 5.41) is 10.8. The van der Waals surface area contributed by atoms with E-state index in [2.05, 4.69) is 4.72 Å². The molecule has 0 bridgehead atoms. The fourth-order valence-electron chi connectivity index (χ4n) is 1.65. The number of rotatable bonds is 7. The highest BCUT2D eigenvalue weighted by Crippen LogP contribution is 2.19. The Morgan fingerprint density at radius 2 is 2.05 bits per heavy atom. The number of nitro benzene ring substituents is 1. The van der Waals surface area contributed by atoms with Gasteiger partial charge in [0.1, 0.15) is 0 Å². The summed E-state index contributed by atoms with van der Waals surface area (Å²) >= 11 is 0. The second-order valence-corrected chi connectivity index (χ2v) is 5.87. The van der Waals surface area contributed by atoms with E-state index in [4.69, 9.17) is 4.74 Å². The maximum atomic E-state index is 11.9. The van der Waals surface area contributed by atoms with Gasteiger partial charge in [-0.1, -0.05) is 18.2 Å². The van der Waals surface area contributed by atoms with Gasteiger partial charge in [0.05, 0.1) is 17.3 Å². The third-order valence-electron chi connectivity index (χ3n) is 2.33. The largest absolute Gasteiger partial charge is 0.383 e. The van der Waals surface area contributed by atoms with Crippen LogP contribution in [0.5, 0.6) is 0 Å². The third kappa shape index (κ3) is 4.93. The molecule has 0 spiro atoms. The van der Waals surface area contributed by atoms with Crippen LogP contribution in [0.3, 0.4) is 0 Å². The van der Waals surface area contributed by atoms with Crippen LogP contribution in [-0.4, -0.2) is 33.1 Å². The van der Waals surface area contributed by atoms with Crippen molar-refractivity contribution in [2.45, 2.75) is 18.7 Å². The highest BCUT2D eigenvalue weighted by molar-refractivity contribution is 7.88. The summed E-state index contributed by atoms with van der Waals surface area (Å²) in [6.07, 6.45) is 0. The lowest BCUT2D eigenvalue weighted by Gasteiger charge is -2.13. The predicted molar refractivity (Wildman–Crippen MR) is 70.2 cm³/mol. The number of sulfonamides is 1. The maximum Gasteiger partial charge on any atom is 0.273 e. The summed E-state index contributed by atoms with van der Waals surface area (Å²) in [6.45, 7) is 1.89. The molecule has 106 valence electrons. The van der Waals surface area contributed by atoms with E-state index in [1.165, 1.54) is 25.3 Å². The minimum atomic E-state index is -3.65. The SMILES string of the molecule is COCC(C)NS(=O)(=O)Cc1ccccc1[N+](=O)[O-]. The Morgan fingerprint density at radius 1 is 1.42 bits per heavy atom. The molecule has 8 heteroatoms. The number of nitro groups is 1. The summed E-state index contributed by atoms with van der Waals surface area (Å²) in [7, 11) is -2.18. The molecule has 0 heterocycles. The van der Waals surface area contributed by atoms with Gasteiger partial charge in [0.25, 0.3) is 5.69 Å². The van der Waals surface area contributed by atoms with E-state index >= 15 is 0 Å². The second-order valence-electron chi connectivity index (χ2n) is 4.12. The van der Waals surface area contributed by atoms with E-state index in [9.17, 15) is 18.5 Å². The van der Waals surface area contributed by atoms with Gasteiger partial charge in [-0.15, -0.1) is 0 Å². The number of methoxy groups -OCH3 is 1. The van der Waals surface area contributed by atoms with Gasteiger partial charge in [0, 0.05) is 24.8 Å². The molecule has 1 unspecified atom stereocenters. The Kier molecular flexibility index (Phi) is 5.40. The molecule has 0 saturated carbocycles. The van der Waals surface area contributed by atoms with Crippen molar-refractivity contribution in [3.8, 4) is 0 Å². The minimum Gasteiger partial charge on any atom is -0.383 e. The van der Waals surface area contributed by atoms with E-state index in [-0.39, 0.29) is 17.9 Å². The van der Waals surface area contributed by atoms with E-state index < -0.39 is 26.7 Å². The van der Waals surface area contributed by atoms with Crippen LogP contribution in [0.1, 0.15) is 12.5 Å². The maximum absolute atomic E-state index is 11.9. The van der Waals surface area contributed by atoms with Crippen molar-refractivity contribution in [1.29, 1.82) is 0 Å². The lowest BCUT2D eigenvalue weighted by molar-refractivity contribution is -0.385. The zero-order valence-corrected chi connectivity index (χ0v) is 11.5. The van der Waals surface area contributed by atoms with E-state index in [1.807, 2.05) is 0 Å². The first kappa shape index (κ1) is 15.5. The topological polar surface area (TPSA) is 98.5 Å². The Labute approximate surface area is 111 Å². The first-order valence-electron chi connectivity index (χ1n) is 5.57. The molecule has 1 aromatic rings. The first-order chi connectivity index (χ1) is 8.85. The lowest BCUT2D eigenvalue weighted by atomic mass is 10.2. The number of hydrogen-bond acceptors (Lipinski definition) is 5. The number of nitrogens with one attached hydrogen (secondary N) is 1. The van der Waals surface area contributed by atoms with Crippen molar-refractivity contribution in [2.75, 3.05) is 13.7 Å². The first-order valence-corrected chi connectivity index (χ1v) is 7.22. The average Bonchev–Trinajstić information content (AvgIpc) is 2.28. The molecule has 1 atom stereocenters. The molecule has 0 aliphatic rings. The molecule has 7 nitrogen and oxygen atoms in total. The number of para-hydroxylation sites is 1. The summed E-state index contributed by atoms with van der Waals surface area (Å²) in [6, 6.07) is 5.38. The van der Waals surface area contributed by atoms with Gasteiger partial charge in [0.2, 0.25) is 10.0 Å². The molecule has 1 aromatic carbocycles. The molecule has 0 radical (unpaired) electrons. The Bertz CT molecular complexity index is 544. The molecular weight excluding hydrogens is 272 g/mol. The Morgan fingerprint density at radius 3 is 2.63 bits per heavy atom. The van der Waals surface area contributed by atoms with Gasteiger partial charge in [-0.3, -0.25) is 10.1 Å². The number of nitrogens with zero attached hydrogens (tertiary/aromatic N) is 1. The van der Waals surface area contributed by atoms with Crippen LogP contribution in [0.4, 0.5) is 5.69 Å². The van der Waals surface area contributed by atoms with Crippen molar-refractivity contribution in [1.82, 2.24) is 4.72 Å². The molecule has 0 amide bonds. The summed E-state index contributed by atoms with van der Waals surface area (Å²) in [5.74, 6) is -0.432. The van der Waals surface area contributed by atoms with E-state index in [0.717, 1.165) is 0 Å². The monoisotopic (exact) mass is 288 g/mol. The zero-order chi connectivity index (χ0) is 14.5. The normalized spacial score (nSPS) is 13.2. The van der Waals surface area contributed by atoms with Crippen molar-refractivity contribution in [3.05, 3.63) is 39.9 Å². The van der Waals surface area contributed by atoms with Gasteiger partial charge in [-0.05, 0) is 6.92 Å². The van der Waals surface area contributed by atoms with Gasteiger partial charge in [-0.25, -0.2) is 13.1 Å². The van der Waals surface area contributed by atoms with E-state index in [0.29, 0.717) is 0 Å². The van der Waals surface area contributed by atoms with Gasteiger partial charge in [0.15, 0.2) is 0 Å². The molecule has 0 saturated heterocycles. The quantitative estimate of drug-likeness (QED) is 0.597. The highest BCUT2D eigenvalue weighted by atomic mass is 32.2. The molecule has 1 N–H and O–H groups in total. The van der Waals surface area contributed by atoms with Gasteiger partial charge < -0.3 is 4.74 Å². The Hall–Kier alpha value is -1.51. The highest BCUT2D eigenvalue weighted by Gasteiger charge is 2.21. The van der Waals surface area contributed by atoms with Crippen molar-refractivity contribution in [3.63, 3.8) is 0 Å². The number of hydrogen-bond donors (Lipinski definition) is 1. The third-order valence-corrected chi connectivity index (χ3v) is 3.78. The molecule has 0 fully saturated rings. The summed E-state index contributed by atoms with van der Waals surface area (Å²) in [4.78, 5) is 10.2. The summed E-state index contributed by atoms with van der Waals surface area (Å²) in [5.41, 5.74) is -0.0445. The molecule has 1 rings (SSSR count). The fraction of sp³-hybridized carbons (Fsp3) is 0.455. The fourth-order valence-corrected chi connectivity index (χ4v) is 3.07. The van der Waals surface area contributed by atoms with Crippen LogP contribution in [0, 0.1) is 10.1 Å². The smallest absolute Gasteiger partial charge is 0.273 e. The molecule has 0 aliphatic carbocycles. The van der Waals surface area contributed by atoms with Crippen LogP contribution in [0.2, 0.25) is 0 Å². The number of ether oxygens (including phenoxy) is 1.